The van der Waals surface area contributed by atoms with Crippen LogP contribution in [0.5, 0.6) is 0 Å². The minimum atomic E-state index is -0.167. The molecule has 0 saturated carbocycles. The van der Waals surface area contributed by atoms with Gasteiger partial charge in [0, 0.05) is 18.3 Å². The molecule has 0 aliphatic heterocycles. The lowest BCUT2D eigenvalue weighted by atomic mass is 10.1. The molecule has 0 amide bonds. The van der Waals surface area contributed by atoms with Crippen molar-refractivity contribution in [2.24, 2.45) is 0 Å². The van der Waals surface area contributed by atoms with Gasteiger partial charge in [0.1, 0.15) is 6.29 Å². The Hall–Kier alpha value is -1.19. The number of carbonyl (C=O) groups excluding carboxylic acids is 1. The summed E-state index contributed by atoms with van der Waals surface area (Å²) in [5, 5.41) is 16.6. The highest BCUT2D eigenvalue weighted by Gasteiger charge is 1.91. The van der Waals surface area contributed by atoms with Gasteiger partial charge in [-0.2, -0.15) is 0 Å². The van der Waals surface area contributed by atoms with Crippen LogP contribution in [-0.4, -0.2) is 29.2 Å². The Kier molecular flexibility index (Phi) is 7.50. The van der Waals surface area contributed by atoms with Crippen LogP contribution in [0.25, 0.3) is 0 Å². The van der Waals surface area contributed by atoms with Crippen molar-refractivity contribution < 1.29 is 15.0 Å². The van der Waals surface area contributed by atoms with E-state index in [0.717, 1.165) is 11.8 Å². The van der Waals surface area contributed by atoms with E-state index in [-0.39, 0.29) is 12.7 Å². The van der Waals surface area contributed by atoms with Crippen molar-refractivity contribution in [3.05, 3.63) is 35.4 Å². The molecule has 0 aliphatic carbocycles. The molecule has 1 rings (SSSR count). The highest BCUT2D eigenvalue weighted by molar-refractivity contribution is 5.74. The van der Waals surface area contributed by atoms with Crippen molar-refractivity contribution in [1.82, 2.24) is 0 Å². The van der Waals surface area contributed by atoms with Crippen LogP contribution >= 0.6 is 0 Å². The summed E-state index contributed by atoms with van der Waals surface area (Å²) < 4.78 is 0. The van der Waals surface area contributed by atoms with E-state index < -0.39 is 0 Å². The normalized spacial score (nSPS) is 9.40. The van der Waals surface area contributed by atoms with Gasteiger partial charge >= 0.3 is 0 Å². The standard InChI is InChI=1S/C9H10O2.C3H8O/c10-6-5-8-1-3-9(7-11)4-2-8;1-3(2)4/h1-4,7,10H,5-6H2;3-4H,1-2H3. The molecule has 1 aromatic rings. The molecule has 0 unspecified atom stereocenters. The fraction of sp³-hybridized carbons (Fsp3) is 0.417. The van der Waals surface area contributed by atoms with Gasteiger partial charge in [-0.25, -0.2) is 0 Å². The summed E-state index contributed by atoms with van der Waals surface area (Å²) in [5.41, 5.74) is 1.73. The number of hydrogen-bond donors (Lipinski definition) is 2. The van der Waals surface area contributed by atoms with Crippen molar-refractivity contribution >= 4 is 6.29 Å². The summed E-state index contributed by atoms with van der Waals surface area (Å²) in [5.74, 6) is 0. The first-order chi connectivity index (χ1) is 7.10. The van der Waals surface area contributed by atoms with Gasteiger partial charge in [-0.1, -0.05) is 24.3 Å². The Morgan fingerprint density at radius 2 is 1.73 bits per heavy atom. The molecule has 15 heavy (non-hydrogen) atoms. The quantitative estimate of drug-likeness (QED) is 0.742. The Balaban J connectivity index is 0.000000423. The molecular formula is C12H18O3. The van der Waals surface area contributed by atoms with Gasteiger partial charge in [0.25, 0.3) is 0 Å². The highest BCUT2D eigenvalue weighted by Crippen LogP contribution is 2.02. The van der Waals surface area contributed by atoms with Gasteiger partial charge in [0.05, 0.1) is 0 Å². The average molecular weight is 210 g/mol. The van der Waals surface area contributed by atoms with Gasteiger partial charge in [-0.3, -0.25) is 4.79 Å². The maximum atomic E-state index is 10.2. The Bertz CT molecular complexity index is 262. The second-order valence-electron chi connectivity index (χ2n) is 3.43. The summed E-state index contributed by atoms with van der Waals surface area (Å²) in [6.45, 7) is 3.60. The van der Waals surface area contributed by atoms with E-state index in [1.54, 1.807) is 26.0 Å². The van der Waals surface area contributed by atoms with E-state index >= 15 is 0 Å². The minimum Gasteiger partial charge on any atom is -0.396 e. The predicted molar refractivity (Wildman–Crippen MR) is 60.0 cm³/mol. The van der Waals surface area contributed by atoms with E-state index in [0.29, 0.717) is 12.0 Å². The van der Waals surface area contributed by atoms with Crippen molar-refractivity contribution in [1.29, 1.82) is 0 Å². The first-order valence-corrected chi connectivity index (χ1v) is 4.93. The zero-order valence-corrected chi connectivity index (χ0v) is 9.18. The van der Waals surface area contributed by atoms with Crippen LogP contribution in [0.2, 0.25) is 0 Å². The van der Waals surface area contributed by atoms with E-state index in [1.807, 2.05) is 12.1 Å². The van der Waals surface area contributed by atoms with Crippen molar-refractivity contribution in [2.75, 3.05) is 6.61 Å². The smallest absolute Gasteiger partial charge is 0.150 e. The number of aliphatic hydroxyl groups is 2. The van der Waals surface area contributed by atoms with Crippen molar-refractivity contribution in [3.63, 3.8) is 0 Å². The number of benzene rings is 1. The molecule has 84 valence electrons. The van der Waals surface area contributed by atoms with Crippen molar-refractivity contribution in [3.8, 4) is 0 Å². The Labute approximate surface area is 90.4 Å². The second-order valence-corrected chi connectivity index (χ2v) is 3.43. The molecule has 0 saturated heterocycles. The van der Waals surface area contributed by atoms with E-state index in [9.17, 15) is 4.79 Å². The molecule has 0 aliphatic rings. The number of aliphatic hydroxyl groups excluding tert-OH is 2. The molecule has 2 N–H and O–H groups in total. The molecule has 3 heteroatoms. The number of carbonyl (C=O) groups is 1. The van der Waals surface area contributed by atoms with E-state index in [4.69, 9.17) is 10.2 Å². The molecule has 1 aromatic carbocycles. The molecule has 3 nitrogen and oxygen atoms in total. The van der Waals surface area contributed by atoms with E-state index in [1.165, 1.54) is 0 Å². The summed E-state index contributed by atoms with van der Waals surface area (Å²) >= 11 is 0. The predicted octanol–water partition coefficient (Wildman–Crippen LogP) is 1.42. The van der Waals surface area contributed by atoms with Crippen LogP contribution in [0.1, 0.15) is 29.8 Å². The number of rotatable bonds is 3. The first kappa shape index (κ1) is 13.8. The monoisotopic (exact) mass is 210 g/mol. The Morgan fingerprint density at radius 3 is 2.07 bits per heavy atom. The fourth-order valence-corrected chi connectivity index (χ4v) is 0.892. The maximum Gasteiger partial charge on any atom is 0.150 e. The average Bonchev–Trinajstić information content (AvgIpc) is 2.19. The van der Waals surface area contributed by atoms with Gasteiger partial charge in [-0.15, -0.1) is 0 Å². The molecular weight excluding hydrogens is 192 g/mol. The molecule has 0 bridgehead atoms. The Morgan fingerprint density at radius 1 is 1.27 bits per heavy atom. The maximum absolute atomic E-state index is 10.2. The topological polar surface area (TPSA) is 57.5 Å². The third kappa shape index (κ3) is 7.85. The van der Waals surface area contributed by atoms with Gasteiger partial charge in [0.2, 0.25) is 0 Å². The molecule has 0 atom stereocenters. The molecule has 0 aromatic heterocycles. The summed E-state index contributed by atoms with van der Waals surface area (Å²) in [6, 6.07) is 7.19. The molecule has 0 fully saturated rings. The summed E-state index contributed by atoms with van der Waals surface area (Å²) in [4.78, 5) is 10.2. The van der Waals surface area contributed by atoms with Crippen LogP contribution in [0, 0.1) is 0 Å². The van der Waals surface area contributed by atoms with Crippen molar-refractivity contribution in [2.45, 2.75) is 26.4 Å². The molecule has 0 radical (unpaired) electrons. The molecule has 0 spiro atoms. The SMILES string of the molecule is CC(C)O.O=Cc1ccc(CCO)cc1. The largest absolute Gasteiger partial charge is 0.396 e. The van der Waals surface area contributed by atoms with Crippen LogP contribution in [0.4, 0.5) is 0 Å². The lowest BCUT2D eigenvalue weighted by molar-refractivity contribution is 0.112. The van der Waals surface area contributed by atoms with Crippen LogP contribution in [0.3, 0.4) is 0 Å². The number of hydrogen-bond acceptors (Lipinski definition) is 3. The fourth-order valence-electron chi connectivity index (χ4n) is 0.892. The van der Waals surface area contributed by atoms with Crippen LogP contribution < -0.4 is 0 Å². The number of aldehydes is 1. The minimum absolute atomic E-state index is 0.153. The van der Waals surface area contributed by atoms with Gasteiger partial charge in [0.15, 0.2) is 0 Å². The zero-order valence-electron chi connectivity index (χ0n) is 9.18. The van der Waals surface area contributed by atoms with E-state index in [2.05, 4.69) is 0 Å². The third-order valence-electron chi connectivity index (χ3n) is 1.52. The van der Waals surface area contributed by atoms with Crippen LogP contribution in [-0.2, 0) is 6.42 Å². The summed E-state index contributed by atoms with van der Waals surface area (Å²) in [7, 11) is 0. The highest BCUT2D eigenvalue weighted by atomic mass is 16.3. The zero-order chi connectivity index (χ0) is 11.7. The first-order valence-electron chi connectivity index (χ1n) is 4.93. The third-order valence-corrected chi connectivity index (χ3v) is 1.52. The van der Waals surface area contributed by atoms with Gasteiger partial charge < -0.3 is 10.2 Å². The second kappa shape index (κ2) is 8.15. The molecule has 0 heterocycles. The summed E-state index contributed by atoms with van der Waals surface area (Å²) in [6.07, 6.45) is 1.29. The lowest BCUT2D eigenvalue weighted by Crippen LogP contribution is -1.90. The lowest BCUT2D eigenvalue weighted by Gasteiger charge is -1.96. The van der Waals surface area contributed by atoms with Gasteiger partial charge in [-0.05, 0) is 25.8 Å². The van der Waals surface area contributed by atoms with Crippen LogP contribution in [0.15, 0.2) is 24.3 Å².